The molecule has 2 aromatic carbocycles. The van der Waals surface area contributed by atoms with Gasteiger partial charge in [-0.2, -0.15) is 0 Å². The minimum absolute atomic E-state index is 0.0347. The van der Waals surface area contributed by atoms with Crippen LogP contribution in [0.25, 0.3) is 11.0 Å². The molecule has 24 heavy (non-hydrogen) atoms. The average Bonchev–Trinajstić information content (AvgIpc) is 2.48. The molecule has 4 N–H and O–H groups in total. The smallest absolute Gasteiger partial charge is 0.336 e. The van der Waals surface area contributed by atoms with Gasteiger partial charge in [0.15, 0.2) is 0 Å². The van der Waals surface area contributed by atoms with Crippen molar-refractivity contribution in [2.45, 2.75) is 6.92 Å². The normalized spacial score (nSPS) is 10.7. The second kappa shape index (κ2) is 5.58. The van der Waals surface area contributed by atoms with E-state index in [2.05, 4.69) is 0 Å². The Morgan fingerprint density at radius 3 is 2.62 bits per heavy atom. The zero-order valence-corrected chi connectivity index (χ0v) is 12.6. The number of fused-ring (bicyclic) bond motifs is 1. The number of nitrogen functional groups attached to an aromatic ring is 2. The molecule has 8 heteroatoms. The summed E-state index contributed by atoms with van der Waals surface area (Å²) in [4.78, 5) is 22.0. The zero-order valence-electron chi connectivity index (χ0n) is 12.6. The number of nitrogens with zero attached hydrogens (tertiary/aromatic N) is 1. The Morgan fingerprint density at radius 2 is 1.92 bits per heavy atom. The number of hydrogen-bond donors (Lipinski definition) is 2. The minimum Gasteiger partial charge on any atom is -0.448 e. The van der Waals surface area contributed by atoms with E-state index in [1.54, 1.807) is 19.1 Å². The lowest BCUT2D eigenvalue weighted by molar-refractivity contribution is -0.385. The maximum absolute atomic E-state index is 11.5. The number of anilines is 2. The number of nitro groups is 1. The molecule has 122 valence electrons. The molecule has 0 bridgehead atoms. The Labute approximate surface area is 135 Å². The van der Waals surface area contributed by atoms with E-state index < -0.39 is 10.5 Å². The number of ether oxygens (including phenoxy) is 1. The molecule has 0 aliphatic rings. The van der Waals surface area contributed by atoms with Gasteiger partial charge in [0.25, 0.3) is 0 Å². The molecule has 0 atom stereocenters. The second-order valence-corrected chi connectivity index (χ2v) is 5.22. The summed E-state index contributed by atoms with van der Waals surface area (Å²) in [5.74, 6) is 0.124. The fourth-order valence-corrected chi connectivity index (χ4v) is 2.39. The third kappa shape index (κ3) is 2.72. The quantitative estimate of drug-likeness (QED) is 0.327. The van der Waals surface area contributed by atoms with E-state index in [-0.39, 0.29) is 28.6 Å². The molecule has 0 amide bonds. The first-order valence-electron chi connectivity index (χ1n) is 6.91. The van der Waals surface area contributed by atoms with E-state index in [0.717, 1.165) is 17.0 Å². The summed E-state index contributed by atoms with van der Waals surface area (Å²) in [6.07, 6.45) is 0. The number of rotatable bonds is 3. The van der Waals surface area contributed by atoms with Crippen LogP contribution in [0.5, 0.6) is 11.5 Å². The Kier molecular flexibility index (Phi) is 3.57. The van der Waals surface area contributed by atoms with E-state index in [1.165, 1.54) is 18.2 Å². The predicted octanol–water partition coefficient (Wildman–Crippen LogP) is 2.97. The van der Waals surface area contributed by atoms with Crippen LogP contribution in [0.2, 0.25) is 0 Å². The third-order valence-electron chi connectivity index (χ3n) is 3.46. The van der Waals surface area contributed by atoms with Crippen LogP contribution < -0.4 is 21.8 Å². The van der Waals surface area contributed by atoms with Gasteiger partial charge in [0.1, 0.15) is 11.3 Å². The van der Waals surface area contributed by atoms with Gasteiger partial charge in [0.05, 0.1) is 10.6 Å². The Morgan fingerprint density at radius 1 is 1.17 bits per heavy atom. The lowest BCUT2D eigenvalue weighted by Crippen LogP contribution is -2.01. The Balaban J connectivity index is 2.11. The zero-order chi connectivity index (χ0) is 17.4. The molecule has 0 saturated heterocycles. The molecule has 0 aliphatic carbocycles. The van der Waals surface area contributed by atoms with Crippen molar-refractivity contribution in [2.24, 2.45) is 0 Å². The van der Waals surface area contributed by atoms with Gasteiger partial charge in [-0.1, -0.05) is 0 Å². The minimum atomic E-state index is -0.632. The highest BCUT2D eigenvalue weighted by Crippen LogP contribution is 2.39. The molecular weight excluding hydrogens is 314 g/mol. The highest BCUT2D eigenvalue weighted by Gasteiger charge is 2.20. The molecule has 0 aliphatic heterocycles. The van der Waals surface area contributed by atoms with Crippen molar-refractivity contribution < 1.29 is 14.1 Å². The summed E-state index contributed by atoms with van der Waals surface area (Å²) in [5, 5.41) is 11.9. The maximum atomic E-state index is 11.5. The Bertz CT molecular complexity index is 1030. The number of hydrogen-bond acceptors (Lipinski definition) is 7. The SMILES string of the molecule is Cc1cc(=O)oc2cc(Oc3c(N)cc(N)cc3[N+](=O)[O-])ccc12. The van der Waals surface area contributed by atoms with Crippen molar-refractivity contribution in [3.05, 3.63) is 62.5 Å². The third-order valence-corrected chi connectivity index (χ3v) is 3.46. The van der Waals surface area contributed by atoms with Crippen LogP contribution >= 0.6 is 0 Å². The van der Waals surface area contributed by atoms with Crippen molar-refractivity contribution in [1.29, 1.82) is 0 Å². The van der Waals surface area contributed by atoms with Crippen LogP contribution in [0.15, 0.2) is 45.6 Å². The number of nitro benzene ring substituents is 1. The molecule has 0 saturated carbocycles. The van der Waals surface area contributed by atoms with Gasteiger partial charge in [-0.15, -0.1) is 0 Å². The fraction of sp³-hybridized carbons (Fsp3) is 0.0625. The van der Waals surface area contributed by atoms with E-state index in [0.29, 0.717) is 5.58 Å². The first-order chi connectivity index (χ1) is 11.3. The van der Waals surface area contributed by atoms with Crippen molar-refractivity contribution >= 4 is 28.0 Å². The van der Waals surface area contributed by atoms with Gasteiger partial charge in [-0.05, 0) is 30.7 Å². The molecule has 0 unspecified atom stereocenters. The van der Waals surface area contributed by atoms with Gasteiger partial charge in [0, 0.05) is 29.3 Å². The topological polar surface area (TPSA) is 135 Å². The van der Waals surface area contributed by atoms with E-state index in [4.69, 9.17) is 20.6 Å². The van der Waals surface area contributed by atoms with Crippen molar-refractivity contribution in [2.75, 3.05) is 11.5 Å². The fourth-order valence-electron chi connectivity index (χ4n) is 2.39. The van der Waals surface area contributed by atoms with Crippen LogP contribution in [0.1, 0.15) is 5.56 Å². The van der Waals surface area contributed by atoms with Gasteiger partial charge in [-0.25, -0.2) is 4.79 Å². The lowest BCUT2D eigenvalue weighted by atomic mass is 10.1. The summed E-state index contributed by atoms with van der Waals surface area (Å²) in [5.41, 5.74) is 11.8. The van der Waals surface area contributed by atoms with Crippen LogP contribution in [0.4, 0.5) is 17.1 Å². The molecule has 1 aromatic heterocycles. The highest BCUT2D eigenvalue weighted by molar-refractivity contribution is 5.81. The van der Waals surface area contributed by atoms with Crippen molar-refractivity contribution in [3.63, 3.8) is 0 Å². The Hall–Kier alpha value is -3.55. The molecule has 0 fully saturated rings. The van der Waals surface area contributed by atoms with Crippen LogP contribution in [-0.2, 0) is 0 Å². The lowest BCUT2D eigenvalue weighted by Gasteiger charge is -2.10. The van der Waals surface area contributed by atoms with Gasteiger partial charge < -0.3 is 20.6 Å². The van der Waals surface area contributed by atoms with Gasteiger partial charge in [-0.3, -0.25) is 10.1 Å². The largest absolute Gasteiger partial charge is 0.448 e. The summed E-state index contributed by atoms with van der Waals surface area (Å²) in [6.45, 7) is 1.78. The molecule has 1 heterocycles. The summed E-state index contributed by atoms with van der Waals surface area (Å²) < 4.78 is 10.7. The molecule has 0 radical (unpaired) electrons. The monoisotopic (exact) mass is 327 g/mol. The molecule has 3 rings (SSSR count). The van der Waals surface area contributed by atoms with Crippen LogP contribution in [0.3, 0.4) is 0 Å². The predicted molar refractivity (Wildman–Crippen MR) is 89.2 cm³/mol. The summed E-state index contributed by atoms with van der Waals surface area (Å²) >= 11 is 0. The first-order valence-corrected chi connectivity index (χ1v) is 6.91. The van der Waals surface area contributed by atoms with Crippen molar-refractivity contribution in [1.82, 2.24) is 0 Å². The van der Waals surface area contributed by atoms with Crippen molar-refractivity contribution in [3.8, 4) is 11.5 Å². The molecule has 8 nitrogen and oxygen atoms in total. The molecule has 0 spiro atoms. The number of benzene rings is 2. The van der Waals surface area contributed by atoms with E-state index in [9.17, 15) is 14.9 Å². The van der Waals surface area contributed by atoms with E-state index in [1.807, 2.05) is 0 Å². The number of aryl methyl sites for hydroxylation is 1. The number of nitrogens with two attached hydrogens (primary N) is 2. The van der Waals surface area contributed by atoms with Crippen LogP contribution in [-0.4, -0.2) is 4.92 Å². The van der Waals surface area contributed by atoms with Crippen LogP contribution in [0, 0.1) is 17.0 Å². The highest BCUT2D eigenvalue weighted by atomic mass is 16.6. The first kappa shape index (κ1) is 15.3. The summed E-state index contributed by atoms with van der Waals surface area (Å²) in [6, 6.07) is 8.69. The second-order valence-electron chi connectivity index (χ2n) is 5.22. The molecular formula is C16H13N3O5. The standard InChI is InChI=1S/C16H13N3O5/c1-8-4-15(20)24-14-7-10(2-3-11(8)14)23-16-12(18)5-9(17)6-13(16)19(21)22/h2-7H,17-18H2,1H3. The average molecular weight is 327 g/mol. The van der Waals surface area contributed by atoms with Gasteiger partial charge >= 0.3 is 11.3 Å². The summed E-state index contributed by atoms with van der Waals surface area (Å²) in [7, 11) is 0. The maximum Gasteiger partial charge on any atom is 0.336 e. The van der Waals surface area contributed by atoms with E-state index >= 15 is 0 Å². The van der Waals surface area contributed by atoms with Gasteiger partial charge in [0.2, 0.25) is 5.75 Å². The molecule has 3 aromatic rings.